The van der Waals surface area contributed by atoms with Crippen molar-refractivity contribution in [1.82, 2.24) is 0 Å². The normalized spacial score (nSPS) is 19.5. The lowest BCUT2D eigenvalue weighted by Crippen LogP contribution is -2.29. The van der Waals surface area contributed by atoms with Gasteiger partial charge in [0.05, 0.1) is 19.3 Å². The third-order valence-electron chi connectivity index (χ3n) is 3.16. The number of methoxy groups -OCH3 is 1. The first-order valence-corrected chi connectivity index (χ1v) is 6.03. The van der Waals surface area contributed by atoms with Gasteiger partial charge in [-0.3, -0.25) is 5.01 Å². The Bertz CT molecular complexity index is 468. The molecule has 0 fully saturated rings. The largest absolute Gasteiger partial charge is 0.497 e. The van der Waals surface area contributed by atoms with Crippen LogP contribution in [0, 0.1) is 5.92 Å². The highest BCUT2D eigenvalue weighted by atomic mass is 19.4. The summed E-state index contributed by atoms with van der Waals surface area (Å²) in [6.07, 6.45) is -3.94. The molecule has 2 rings (SSSR count). The molecule has 0 spiro atoms. The van der Waals surface area contributed by atoms with E-state index in [2.05, 4.69) is 5.10 Å². The fraction of sp³-hybridized carbons (Fsp3) is 0.462. The Morgan fingerprint density at radius 3 is 2.37 bits per heavy atom. The van der Waals surface area contributed by atoms with Crippen LogP contribution in [-0.4, -0.2) is 25.5 Å². The molecule has 6 heteroatoms. The summed E-state index contributed by atoms with van der Waals surface area (Å²) in [6, 6.07) is 6.82. The van der Waals surface area contributed by atoms with E-state index >= 15 is 0 Å². The average Bonchev–Trinajstić information content (AvgIpc) is 2.83. The molecule has 0 N–H and O–H groups in total. The van der Waals surface area contributed by atoms with Crippen LogP contribution in [-0.2, 0) is 0 Å². The Morgan fingerprint density at radius 1 is 1.32 bits per heavy atom. The molecule has 0 saturated carbocycles. The third-order valence-corrected chi connectivity index (χ3v) is 3.16. The van der Waals surface area contributed by atoms with Crippen molar-refractivity contribution in [2.45, 2.75) is 19.5 Å². The molecule has 0 bridgehead atoms. The van der Waals surface area contributed by atoms with Gasteiger partial charge in [0.15, 0.2) is 0 Å². The summed E-state index contributed by atoms with van der Waals surface area (Å²) in [5, 5.41) is 5.12. The molecule has 1 atom stereocenters. The third kappa shape index (κ3) is 2.83. The van der Waals surface area contributed by atoms with Crippen molar-refractivity contribution in [2.75, 3.05) is 18.7 Å². The summed E-state index contributed by atoms with van der Waals surface area (Å²) in [5.41, 5.74) is -0.0516. The molecule has 19 heavy (non-hydrogen) atoms. The number of hydrogen-bond donors (Lipinski definition) is 0. The lowest BCUT2D eigenvalue weighted by atomic mass is 10.0. The lowest BCUT2D eigenvalue weighted by Gasteiger charge is -2.15. The zero-order valence-electron chi connectivity index (χ0n) is 10.7. The summed E-state index contributed by atoms with van der Waals surface area (Å²) < 4.78 is 43.5. The van der Waals surface area contributed by atoms with E-state index in [0.29, 0.717) is 17.9 Å². The number of halogens is 3. The van der Waals surface area contributed by atoms with E-state index in [-0.39, 0.29) is 6.54 Å². The van der Waals surface area contributed by atoms with E-state index in [4.69, 9.17) is 4.74 Å². The van der Waals surface area contributed by atoms with Gasteiger partial charge in [-0.15, -0.1) is 0 Å². The number of ether oxygens (including phenoxy) is 1. The van der Waals surface area contributed by atoms with E-state index in [1.807, 2.05) is 0 Å². The Labute approximate surface area is 109 Å². The van der Waals surface area contributed by atoms with E-state index in [9.17, 15) is 13.2 Å². The molecule has 0 radical (unpaired) electrons. The van der Waals surface area contributed by atoms with Crippen molar-refractivity contribution in [3.8, 4) is 5.75 Å². The molecule has 1 unspecified atom stereocenters. The van der Waals surface area contributed by atoms with Crippen LogP contribution in [0.2, 0.25) is 0 Å². The summed E-state index contributed by atoms with van der Waals surface area (Å²) in [4.78, 5) is 0. The molecule has 3 nitrogen and oxygen atoms in total. The topological polar surface area (TPSA) is 24.8 Å². The van der Waals surface area contributed by atoms with Crippen molar-refractivity contribution >= 4 is 11.4 Å². The van der Waals surface area contributed by atoms with E-state index in [0.717, 1.165) is 0 Å². The van der Waals surface area contributed by atoms with E-state index in [1.54, 1.807) is 31.2 Å². The minimum absolute atomic E-state index is 0.262. The highest BCUT2D eigenvalue weighted by molar-refractivity contribution is 5.94. The second kappa shape index (κ2) is 5.11. The maximum atomic E-state index is 12.8. The second-order valence-corrected chi connectivity index (χ2v) is 4.37. The molecule has 0 saturated heterocycles. The first-order valence-electron chi connectivity index (χ1n) is 6.03. The molecule has 1 aromatic carbocycles. The zero-order chi connectivity index (χ0) is 14.0. The maximum absolute atomic E-state index is 12.8. The summed E-state index contributed by atoms with van der Waals surface area (Å²) in [5.74, 6) is 0.0946. The minimum atomic E-state index is -4.36. The number of benzene rings is 1. The van der Waals surface area contributed by atoms with Crippen molar-refractivity contribution in [2.24, 2.45) is 11.0 Å². The Morgan fingerprint density at radius 2 is 1.95 bits per heavy atom. The number of anilines is 1. The maximum Gasteiger partial charge on any atom is 0.431 e. The number of nitrogens with zero attached hydrogens (tertiary/aromatic N) is 2. The van der Waals surface area contributed by atoms with Gasteiger partial charge >= 0.3 is 6.18 Å². The second-order valence-electron chi connectivity index (χ2n) is 4.37. The smallest absolute Gasteiger partial charge is 0.431 e. The highest BCUT2D eigenvalue weighted by Gasteiger charge is 2.44. The quantitative estimate of drug-likeness (QED) is 0.841. The summed E-state index contributed by atoms with van der Waals surface area (Å²) >= 11 is 0. The van der Waals surface area contributed by atoms with Gasteiger partial charge in [0.1, 0.15) is 11.5 Å². The lowest BCUT2D eigenvalue weighted by molar-refractivity contribution is -0.0620. The van der Waals surface area contributed by atoms with Crippen molar-refractivity contribution in [1.29, 1.82) is 0 Å². The van der Waals surface area contributed by atoms with Crippen LogP contribution in [0.3, 0.4) is 0 Å². The molecule has 1 aliphatic rings. The summed E-state index contributed by atoms with van der Waals surface area (Å²) in [6.45, 7) is 2.00. The molecular weight excluding hydrogens is 257 g/mol. The molecule has 0 amide bonds. The first-order chi connectivity index (χ1) is 8.95. The number of alkyl halides is 3. The van der Waals surface area contributed by atoms with Gasteiger partial charge in [-0.25, -0.2) is 0 Å². The van der Waals surface area contributed by atoms with Gasteiger partial charge in [0.2, 0.25) is 0 Å². The van der Waals surface area contributed by atoms with Gasteiger partial charge in [-0.2, -0.15) is 18.3 Å². The van der Waals surface area contributed by atoms with Crippen LogP contribution in [0.5, 0.6) is 5.75 Å². The highest BCUT2D eigenvalue weighted by Crippen LogP contribution is 2.32. The van der Waals surface area contributed by atoms with Crippen LogP contribution >= 0.6 is 0 Å². The van der Waals surface area contributed by atoms with Crippen molar-refractivity contribution < 1.29 is 17.9 Å². The van der Waals surface area contributed by atoms with Crippen molar-refractivity contribution in [3.05, 3.63) is 24.3 Å². The van der Waals surface area contributed by atoms with Gasteiger partial charge in [0.25, 0.3) is 0 Å². The molecule has 1 aromatic rings. The van der Waals surface area contributed by atoms with Gasteiger partial charge in [-0.05, 0) is 30.7 Å². The van der Waals surface area contributed by atoms with Crippen LogP contribution < -0.4 is 9.75 Å². The van der Waals surface area contributed by atoms with Crippen LogP contribution in [0.25, 0.3) is 0 Å². The fourth-order valence-electron chi connectivity index (χ4n) is 2.08. The summed E-state index contributed by atoms with van der Waals surface area (Å²) in [7, 11) is 1.54. The SMILES string of the molecule is CCC1CN(c2ccc(OC)cc2)N=C1C(F)(F)F. The van der Waals surface area contributed by atoms with Gasteiger partial charge in [0, 0.05) is 5.92 Å². The van der Waals surface area contributed by atoms with Gasteiger partial charge in [-0.1, -0.05) is 6.92 Å². The predicted molar refractivity (Wildman–Crippen MR) is 67.6 cm³/mol. The first kappa shape index (κ1) is 13.7. The molecule has 0 aliphatic carbocycles. The van der Waals surface area contributed by atoms with Crippen LogP contribution in [0.1, 0.15) is 13.3 Å². The predicted octanol–water partition coefficient (Wildman–Crippen LogP) is 3.46. The zero-order valence-corrected chi connectivity index (χ0v) is 10.7. The average molecular weight is 272 g/mol. The minimum Gasteiger partial charge on any atom is -0.497 e. The molecule has 1 heterocycles. The Hall–Kier alpha value is -1.72. The van der Waals surface area contributed by atoms with E-state index < -0.39 is 17.8 Å². The molecule has 0 aromatic heterocycles. The Balaban J connectivity index is 2.24. The fourth-order valence-corrected chi connectivity index (χ4v) is 2.08. The number of hydrazone groups is 1. The van der Waals surface area contributed by atoms with Crippen LogP contribution in [0.4, 0.5) is 18.9 Å². The molecular formula is C13H15F3N2O. The standard InChI is InChI=1S/C13H15F3N2O/c1-3-9-8-18(17-12(9)13(14,15)16)10-4-6-11(19-2)7-5-10/h4-7,9H,3,8H2,1-2H3. The van der Waals surface area contributed by atoms with Gasteiger partial charge < -0.3 is 4.74 Å². The number of hydrogen-bond acceptors (Lipinski definition) is 3. The Kier molecular flexibility index (Phi) is 3.68. The van der Waals surface area contributed by atoms with E-state index in [1.165, 1.54) is 12.1 Å². The molecule has 104 valence electrons. The van der Waals surface area contributed by atoms with Crippen LogP contribution in [0.15, 0.2) is 29.4 Å². The molecule has 1 aliphatic heterocycles. The monoisotopic (exact) mass is 272 g/mol. The number of rotatable bonds is 3. The van der Waals surface area contributed by atoms with Crippen molar-refractivity contribution in [3.63, 3.8) is 0 Å².